The number of fused-ring (bicyclic) bond motifs is 6. The summed E-state index contributed by atoms with van der Waals surface area (Å²) < 4.78 is 49.8. The highest BCUT2D eigenvalue weighted by atomic mass is 19.2. The molecule has 0 atom stereocenters. The lowest BCUT2D eigenvalue weighted by Crippen LogP contribution is -2.36. The highest BCUT2D eigenvalue weighted by Crippen LogP contribution is 2.58. The molecule has 4 aromatic rings. The Labute approximate surface area is 323 Å². The van der Waals surface area contributed by atoms with Crippen molar-refractivity contribution in [3.05, 3.63) is 117 Å². The Hall–Kier alpha value is -7.19. The number of benzene rings is 4. The normalized spacial score (nSPS) is 13.1. The number of hydrogen-bond donors (Lipinski definition) is 7. The molecule has 304 valence electrons. The number of carbonyl (C=O) groups excluding carboxylic acids is 1. The van der Waals surface area contributed by atoms with Gasteiger partial charge in [0.05, 0.1) is 38.2 Å². The zero-order valence-corrected chi connectivity index (χ0v) is 29.6. The number of aromatic hydroxyl groups is 2. The predicted molar refractivity (Wildman–Crippen MR) is 187 cm³/mol. The minimum absolute atomic E-state index is 0.0156. The number of halogens is 3. The van der Waals surface area contributed by atoms with E-state index in [0.717, 1.165) is 9.80 Å². The Bertz CT molecular complexity index is 2230. The highest BCUT2D eigenvalue weighted by Gasteiger charge is 2.54. The Morgan fingerprint density at radius 2 is 1.07 bits per heavy atom. The van der Waals surface area contributed by atoms with Gasteiger partial charge in [-0.1, -0.05) is 18.2 Å². The Balaban J connectivity index is 0.000000419. The minimum Gasteiger partial charge on any atom is -0.507 e. The molecule has 17 nitrogen and oxygen atoms in total. The van der Waals surface area contributed by atoms with Gasteiger partial charge >= 0.3 is 35.8 Å². The van der Waals surface area contributed by atoms with E-state index in [1.807, 2.05) is 0 Å². The molecule has 4 aromatic carbocycles. The summed E-state index contributed by atoms with van der Waals surface area (Å²) in [4.78, 5) is 71.2. The molecule has 0 saturated heterocycles. The number of hydrogen-bond acceptors (Lipinski definition) is 12. The molecule has 0 bridgehead atoms. The van der Waals surface area contributed by atoms with Crippen molar-refractivity contribution in [3.8, 4) is 23.0 Å². The molecule has 2 aliphatic rings. The zero-order chi connectivity index (χ0) is 42.6. The van der Waals surface area contributed by atoms with Gasteiger partial charge in [-0.2, -0.15) is 0 Å². The van der Waals surface area contributed by atoms with E-state index in [9.17, 15) is 72.6 Å². The first-order chi connectivity index (χ1) is 27.3. The molecule has 2 aliphatic heterocycles. The standard InChI is InChI=1S/C30H26N2O13.C8H5F3O2/c33-21-7-23-19(5-15(21)9-31(11-25(35)36)12-26(37)38)30(18-4-2-1-3-17(18)29(43)45-30)20-6-16(22(34)8-24(20)44-23)10-32(13-27(39)40)14-28(41)42;9-5-1-4(2-7(12)13)8(11)6(10)3-5/h1-8,33-34H,9-14H2,(H,35,36)(H,37,38)(H,39,40)(H,41,42);1,3H,2H2,(H,12,13). The van der Waals surface area contributed by atoms with Gasteiger partial charge in [0, 0.05) is 64.7 Å². The molecule has 6 rings (SSSR count). The fourth-order valence-electron chi connectivity index (χ4n) is 6.56. The van der Waals surface area contributed by atoms with Crippen molar-refractivity contribution < 1.29 is 87.2 Å². The second-order valence-corrected chi connectivity index (χ2v) is 13.0. The van der Waals surface area contributed by atoms with Gasteiger partial charge in [0.15, 0.2) is 17.2 Å². The molecule has 0 amide bonds. The Kier molecular flexibility index (Phi) is 12.2. The number of carbonyl (C=O) groups is 6. The van der Waals surface area contributed by atoms with Gasteiger partial charge in [-0.05, 0) is 24.3 Å². The van der Waals surface area contributed by atoms with Crippen LogP contribution in [0.2, 0.25) is 0 Å². The van der Waals surface area contributed by atoms with Crippen molar-refractivity contribution in [2.45, 2.75) is 25.1 Å². The third-order valence-corrected chi connectivity index (χ3v) is 8.75. The molecule has 1 spiro atoms. The topological polar surface area (TPSA) is 269 Å². The summed E-state index contributed by atoms with van der Waals surface area (Å²) in [6.45, 7) is -3.27. The van der Waals surface area contributed by atoms with Gasteiger partial charge in [0.25, 0.3) is 0 Å². The van der Waals surface area contributed by atoms with E-state index in [1.165, 1.54) is 30.3 Å². The maximum absolute atomic E-state index is 13.3. The highest BCUT2D eigenvalue weighted by molar-refractivity contribution is 5.97. The largest absolute Gasteiger partial charge is 0.507 e. The van der Waals surface area contributed by atoms with Crippen molar-refractivity contribution in [2.24, 2.45) is 0 Å². The van der Waals surface area contributed by atoms with Crippen molar-refractivity contribution in [2.75, 3.05) is 26.2 Å². The molecule has 0 saturated carbocycles. The quantitative estimate of drug-likeness (QED) is 0.0711. The van der Waals surface area contributed by atoms with Crippen molar-refractivity contribution in [1.29, 1.82) is 0 Å². The average molecular weight is 813 g/mol. The van der Waals surface area contributed by atoms with Crippen LogP contribution >= 0.6 is 0 Å². The maximum Gasteiger partial charge on any atom is 0.340 e. The van der Waals surface area contributed by atoms with E-state index in [0.29, 0.717) is 17.7 Å². The Morgan fingerprint density at radius 3 is 1.52 bits per heavy atom. The maximum atomic E-state index is 13.3. The summed E-state index contributed by atoms with van der Waals surface area (Å²) in [6.07, 6.45) is -0.736. The van der Waals surface area contributed by atoms with Gasteiger partial charge in [0.2, 0.25) is 0 Å². The summed E-state index contributed by atoms with van der Waals surface area (Å²) in [5, 5.41) is 67.2. The summed E-state index contributed by atoms with van der Waals surface area (Å²) >= 11 is 0. The summed E-state index contributed by atoms with van der Waals surface area (Å²) in [5.74, 6) is -11.6. The summed E-state index contributed by atoms with van der Waals surface area (Å²) in [7, 11) is 0. The summed E-state index contributed by atoms with van der Waals surface area (Å²) in [5.41, 5.74) is -1.13. The first-order valence-electron chi connectivity index (χ1n) is 16.7. The monoisotopic (exact) mass is 812 g/mol. The van der Waals surface area contributed by atoms with E-state index in [-0.39, 0.29) is 63.9 Å². The van der Waals surface area contributed by atoms with Crippen LogP contribution in [0.25, 0.3) is 0 Å². The molecular formula is C38H31F3N2O15. The van der Waals surface area contributed by atoms with Gasteiger partial charge < -0.3 is 45.2 Å². The molecule has 0 radical (unpaired) electrons. The van der Waals surface area contributed by atoms with E-state index < -0.39 is 97.0 Å². The fraction of sp³-hybridized carbons (Fsp3) is 0.211. The number of aliphatic carboxylic acids is 5. The lowest BCUT2D eigenvalue weighted by atomic mass is 9.76. The number of phenols is 2. The molecule has 7 N–H and O–H groups in total. The number of rotatable bonds is 14. The van der Waals surface area contributed by atoms with Crippen molar-refractivity contribution >= 4 is 35.8 Å². The SMILES string of the molecule is O=C(O)CN(CC(=O)O)Cc1cc2c(cc1O)Oc1cc(O)c(CN(CC(=O)O)CC(=O)O)cc1C21OC(=O)c2ccccc21.O=C(O)Cc1cc(F)cc(F)c1F. The van der Waals surface area contributed by atoms with Gasteiger partial charge in [-0.25, -0.2) is 18.0 Å². The van der Waals surface area contributed by atoms with E-state index in [1.54, 1.807) is 18.2 Å². The van der Waals surface area contributed by atoms with Crippen LogP contribution in [0.15, 0.2) is 60.7 Å². The molecule has 0 unspecified atom stereocenters. The Morgan fingerprint density at radius 1 is 0.603 bits per heavy atom. The second-order valence-electron chi connectivity index (χ2n) is 13.0. The first kappa shape index (κ1) is 42.0. The molecule has 0 aromatic heterocycles. The second kappa shape index (κ2) is 16.9. The van der Waals surface area contributed by atoms with Gasteiger partial charge in [-0.15, -0.1) is 0 Å². The number of ether oxygens (including phenoxy) is 2. The minimum atomic E-state index is -1.75. The van der Waals surface area contributed by atoms with Gasteiger partial charge in [-0.3, -0.25) is 33.8 Å². The lowest BCUT2D eigenvalue weighted by Gasteiger charge is -2.37. The van der Waals surface area contributed by atoms with E-state index in [2.05, 4.69) is 0 Å². The molecule has 0 aliphatic carbocycles. The van der Waals surface area contributed by atoms with E-state index in [4.69, 9.17) is 14.6 Å². The fourth-order valence-corrected chi connectivity index (χ4v) is 6.56. The van der Waals surface area contributed by atoms with Crippen LogP contribution in [0.3, 0.4) is 0 Å². The van der Waals surface area contributed by atoms with Crippen LogP contribution in [0.5, 0.6) is 23.0 Å². The van der Waals surface area contributed by atoms with Crippen LogP contribution in [0.1, 0.15) is 43.7 Å². The van der Waals surface area contributed by atoms with Crippen molar-refractivity contribution in [1.82, 2.24) is 9.80 Å². The number of carboxylic acids is 5. The van der Waals surface area contributed by atoms with Crippen LogP contribution in [0.4, 0.5) is 13.2 Å². The third kappa shape index (κ3) is 9.09. The predicted octanol–water partition coefficient (Wildman–Crippen LogP) is 3.34. The molecule has 20 heteroatoms. The summed E-state index contributed by atoms with van der Waals surface area (Å²) in [6, 6.07) is 12.7. The number of nitrogens with zero attached hydrogens (tertiary/aromatic N) is 2. The number of phenolic OH excluding ortho intramolecular Hbond substituents is 2. The zero-order valence-electron chi connectivity index (χ0n) is 29.6. The van der Waals surface area contributed by atoms with Crippen LogP contribution in [0, 0.1) is 17.5 Å². The van der Waals surface area contributed by atoms with Gasteiger partial charge in [0.1, 0.15) is 28.8 Å². The van der Waals surface area contributed by atoms with Crippen LogP contribution in [-0.4, -0.2) is 108 Å². The van der Waals surface area contributed by atoms with Crippen molar-refractivity contribution in [3.63, 3.8) is 0 Å². The smallest absolute Gasteiger partial charge is 0.340 e. The number of carboxylic acid groups (broad SMARTS) is 5. The molecular weight excluding hydrogens is 781 g/mol. The first-order valence-corrected chi connectivity index (χ1v) is 16.7. The molecule has 58 heavy (non-hydrogen) atoms. The lowest BCUT2D eigenvalue weighted by molar-refractivity contribution is -0.144. The average Bonchev–Trinajstić information content (AvgIpc) is 3.39. The van der Waals surface area contributed by atoms with Crippen LogP contribution in [-0.2, 0) is 53.8 Å². The van der Waals surface area contributed by atoms with Crippen LogP contribution < -0.4 is 4.74 Å². The van der Waals surface area contributed by atoms with E-state index >= 15 is 0 Å². The number of esters is 1. The molecule has 2 heterocycles. The molecule has 0 fully saturated rings. The third-order valence-electron chi connectivity index (χ3n) is 8.75.